The van der Waals surface area contributed by atoms with E-state index in [4.69, 9.17) is 10.5 Å². The number of ether oxygens (including phenoxy) is 1. The predicted octanol–water partition coefficient (Wildman–Crippen LogP) is 1.01. The number of nitrogens with two attached hydrogens (primary N) is 1. The lowest BCUT2D eigenvalue weighted by Gasteiger charge is -2.11. The zero-order valence-electron chi connectivity index (χ0n) is 7.67. The fraction of sp³-hybridized carbons (Fsp3) is 0.333. The van der Waals surface area contributed by atoms with Gasteiger partial charge >= 0.3 is 0 Å². The SMILES string of the molecule is CNC(N)c1ccc(OC)c(F)c1. The van der Waals surface area contributed by atoms with Crippen molar-refractivity contribution in [3.8, 4) is 5.75 Å². The summed E-state index contributed by atoms with van der Waals surface area (Å²) in [5, 5.41) is 2.82. The molecule has 1 atom stereocenters. The van der Waals surface area contributed by atoms with Crippen molar-refractivity contribution in [2.24, 2.45) is 5.73 Å². The van der Waals surface area contributed by atoms with Crippen molar-refractivity contribution in [1.82, 2.24) is 5.32 Å². The summed E-state index contributed by atoms with van der Waals surface area (Å²) >= 11 is 0. The number of benzene rings is 1. The van der Waals surface area contributed by atoms with E-state index < -0.39 is 5.82 Å². The molecule has 13 heavy (non-hydrogen) atoms. The molecular formula is C9H13FN2O. The van der Waals surface area contributed by atoms with Gasteiger partial charge in [0.25, 0.3) is 0 Å². The first-order chi connectivity index (χ1) is 6.19. The molecule has 1 rings (SSSR count). The van der Waals surface area contributed by atoms with Crippen LogP contribution in [0.15, 0.2) is 18.2 Å². The summed E-state index contributed by atoms with van der Waals surface area (Å²) in [5.41, 5.74) is 6.33. The van der Waals surface area contributed by atoms with Gasteiger partial charge in [0.15, 0.2) is 11.6 Å². The highest BCUT2D eigenvalue weighted by Gasteiger charge is 2.07. The van der Waals surface area contributed by atoms with Crippen LogP contribution in [-0.4, -0.2) is 14.2 Å². The Kier molecular flexibility index (Phi) is 3.22. The Balaban J connectivity index is 2.95. The topological polar surface area (TPSA) is 47.3 Å². The van der Waals surface area contributed by atoms with E-state index in [1.165, 1.54) is 13.2 Å². The molecule has 0 bridgehead atoms. The average molecular weight is 184 g/mol. The van der Waals surface area contributed by atoms with Gasteiger partial charge in [0, 0.05) is 0 Å². The molecule has 72 valence electrons. The molecule has 0 heterocycles. The van der Waals surface area contributed by atoms with Crippen LogP contribution in [-0.2, 0) is 0 Å². The maximum atomic E-state index is 13.1. The molecule has 3 N–H and O–H groups in total. The van der Waals surface area contributed by atoms with Gasteiger partial charge < -0.3 is 15.8 Å². The Morgan fingerprint density at radius 3 is 2.69 bits per heavy atom. The van der Waals surface area contributed by atoms with Crippen molar-refractivity contribution >= 4 is 0 Å². The highest BCUT2D eigenvalue weighted by atomic mass is 19.1. The van der Waals surface area contributed by atoms with Crippen LogP contribution in [0.25, 0.3) is 0 Å². The molecule has 0 saturated carbocycles. The Morgan fingerprint density at radius 1 is 1.54 bits per heavy atom. The minimum Gasteiger partial charge on any atom is -0.494 e. The zero-order chi connectivity index (χ0) is 9.84. The molecule has 3 nitrogen and oxygen atoms in total. The number of hydrogen-bond acceptors (Lipinski definition) is 3. The maximum Gasteiger partial charge on any atom is 0.165 e. The third-order valence-electron chi connectivity index (χ3n) is 1.85. The lowest BCUT2D eigenvalue weighted by Crippen LogP contribution is -2.24. The molecule has 0 aromatic heterocycles. The van der Waals surface area contributed by atoms with Gasteiger partial charge in [-0.15, -0.1) is 0 Å². The Hall–Kier alpha value is -1.13. The first-order valence-electron chi connectivity index (χ1n) is 3.95. The van der Waals surface area contributed by atoms with Crippen LogP contribution in [0.2, 0.25) is 0 Å². The summed E-state index contributed by atoms with van der Waals surface area (Å²) in [4.78, 5) is 0. The van der Waals surface area contributed by atoms with Crippen molar-refractivity contribution in [1.29, 1.82) is 0 Å². The quantitative estimate of drug-likeness (QED) is 0.689. The molecule has 0 spiro atoms. The molecule has 0 amide bonds. The highest BCUT2D eigenvalue weighted by Crippen LogP contribution is 2.19. The van der Waals surface area contributed by atoms with E-state index >= 15 is 0 Å². The Bertz CT molecular complexity index is 291. The summed E-state index contributed by atoms with van der Waals surface area (Å²) < 4.78 is 17.9. The second-order valence-electron chi connectivity index (χ2n) is 2.66. The zero-order valence-corrected chi connectivity index (χ0v) is 7.67. The lowest BCUT2D eigenvalue weighted by atomic mass is 10.1. The van der Waals surface area contributed by atoms with E-state index in [9.17, 15) is 4.39 Å². The molecule has 4 heteroatoms. The van der Waals surface area contributed by atoms with E-state index in [1.54, 1.807) is 19.2 Å². The minimum atomic E-state index is -0.397. The summed E-state index contributed by atoms with van der Waals surface area (Å²) in [6, 6.07) is 4.64. The largest absolute Gasteiger partial charge is 0.494 e. The van der Waals surface area contributed by atoms with Crippen molar-refractivity contribution < 1.29 is 9.13 Å². The molecule has 0 aliphatic carbocycles. The summed E-state index contributed by atoms with van der Waals surface area (Å²) in [7, 11) is 3.14. The maximum absolute atomic E-state index is 13.1. The average Bonchev–Trinajstić information content (AvgIpc) is 2.16. The van der Waals surface area contributed by atoms with Gasteiger partial charge in [-0.1, -0.05) is 6.07 Å². The number of methoxy groups -OCH3 is 1. The second kappa shape index (κ2) is 4.20. The summed E-state index contributed by atoms with van der Waals surface area (Å²) in [5.74, 6) is -0.169. The number of hydrogen-bond donors (Lipinski definition) is 2. The van der Waals surface area contributed by atoms with E-state index in [-0.39, 0.29) is 11.9 Å². The Labute approximate surface area is 76.7 Å². The van der Waals surface area contributed by atoms with Gasteiger partial charge in [0.05, 0.1) is 13.3 Å². The third kappa shape index (κ3) is 2.17. The van der Waals surface area contributed by atoms with E-state index in [2.05, 4.69) is 5.32 Å². The molecular weight excluding hydrogens is 171 g/mol. The van der Waals surface area contributed by atoms with E-state index in [1.807, 2.05) is 0 Å². The van der Waals surface area contributed by atoms with Crippen molar-refractivity contribution in [3.63, 3.8) is 0 Å². The first kappa shape index (κ1) is 9.95. The van der Waals surface area contributed by atoms with E-state index in [0.717, 1.165) is 0 Å². The van der Waals surface area contributed by atoms with Gasteiger partial charge in [-0.3, -0.25) is 0 Å². The van der Waals surface area contributed by atoms with Crippen LogP contribution >= 0.6 is 0 Å². The standard InChI is InChI=1S/C9H13FN2O/c1-12-9(11)6-3-4-8(13-2)7(10)5-6/h3-5,9,12H,11H2,1-2H3. The third-order valence-corrected chi connectivity index (χ3v) is 1.85. The van der Waals surface area contributed by atoms with E-state index in [0.29, 0.717) is 5.56 Å². The van der Waals surface area contributed by atoms with Gasteiger partial charge in [-0.05, 0) is 24.7 Å². The Morgan fingerprint density at radius 2 is 2.23 bits per heavy atom. The van der Waals surface area contributed by atoms with Crippen molar-refractivity contribution in [3.05, 3.63) is 29.6 Å². The van der Waals surface area contributed by atoms with Crippen LogP contribution in [0.3, 0.4) is 0 Å². The molecule has 0 aliphatic heterocycles. The van der Waals surface area contributed by atoms with Crippen molar-refractivity contribution in [2.75, 3.05) is 14.2 Å². The van der Waals surface area contributed by atoms with Crippen LogP contribution in [0.1, 0.15) is 11.7 Å². The molecule has 1 unspecified atom stereocenters. The molecule has 0 fully saturated rings. The fourth-order valence-corrected chi connectivity index (χ4v) is 1.04. The molecule has 0 saturated heterocycles. The van der Waals surface area contributed by atoms with Crippen LogP contribution in [0.4, 0.5) is 4.39 Å². The number of nitrogens with one attached hydrogen (secondary N) is 1. The molecule has 0 radical (unpaired) electrons. The van der Waals surface area contributed by atoms with Crippen LogP contribution in [0, 0.1) is 5.82 Å². The van der Waals surface area contributed by atoms with Crippen LogP contribution < -0.4 is 15.8 Å². The molecule has 1 aromatic carbocycles. The van der Waals surface area contributed by atoms with Gasteiger partial charge in [0.2, 0.25) is 0 Å². The highest BCUT2D eigenvalue weighted by molar-refractivity contribution is 5.30. The monoisotopic (exact) mass is 184 g/mol. The lowest BCUT2D eigenvalue weighted by molar-refractivity contribution is 0.385. The van der Waals surface area contributed by atoms with Crippen LogP contribution in [0.5, 0.6) is 5.75 Å². The number of halogens is 1. The normalized spacial score (nSPS) is 12.6. The van der Waals surface area contributed by atoms with Gasteiger partial charge in [0.1, 0.15) is 0 Å². The van der Waals surface area contributed by atoms with Crippen molar-refractivity contribution in [2.45, 2.75) is 6.17 Å². The predicted molar refractivity (Wildman–Crippen MR) is 48.9 cm³/mol. The minimum absolute atomic E-state index is 0.229. The van der Waals surface area contributed by atoms with Gasteiger partial charge in [-0.25, -0.2) is 4.39 Å². The summed E-state index contributed by atoms with van der Waals surface area (Å²) in [6.45, 7) is 0. The smallest absolute Gasteiger partial charge is 0.165 e. The molecule has 1 aromatic rings. The fourth-order valence-electron chi connectivity index (χ4n) is 1.04. The first-order valence-corrected chi connectivity index (χ1v) is 3.95. The summed E-state index contributed by atoms with van der Waals surface area (Å²) in [6.07, 6.45) is -0.347. The molecule has 0 aliphatic rings. The second-order valence-corrected chi connectivity index (χ2v) is 2.66. The van der Waals surface area contributed by atoms with Gasteiger partial charge in [-0.2, -0.15) is 0 Å². The number of rotatable bonds is 3.